The highest BCUT2D eigenvalue weighted by atomic mass is 35.5. The maximum absolute atomic E-state index is 12.1. The first-order valence-corrected chi connectivity index (χ1v) is 9.12. The lowest BCUT2D eigenvalue weighted by atomic mass is 10.2. The van der Waals surface area contributed by atoms with E-state index in [1.165, 1.54) is 5.69 Å². The smallest absolute Gasteiger partial charge is 0.221 e. The van der Waals surface area contributed by atoms with Gasteiger partial charge in [-0.15, -0.1) is 0 Å². The van der Waals surface area contributed by atoms with Gasteiger partial charge in [0.2, 0.25) is 5.91 Å². The van der Waals surface area contributed by atoms with E-state index in [2.05, 4.69) is 39.4 Å². The molecule has 25 heavy (non-hydrogen) atoms. The SMILES string of the molecule is O=C(CCN1CCN(c2ccccc2)CC1)NCc1ccccc1Cl. The normalized spacial score (nSPS) is 15.2. The lowest BCUT2D eigenvalue weighted by molar-refractivity contribution is -0.121. The van der Waals surface area contributed by atoms with Crippen molar-refractivity contribution >= 4 is 23.2 Å². The van der Waals surface area contributed by atoms with Crippen molar-refractivity contribution in [3.05, 3.63) is 65.2 Å². The third kappa shape index (κ3) is 5.21. The predicted molar refractivity (Wildman–Crippen MR) is 103 cm³/mol. The quantitative estimate of drug-likeness (QED) is 0.862. The number of carbonyl (C=O) groups is 1. The molecule has 5 heteroatoms. The number of piperazine rings is 1. The Morgan fingerprint density at radius 1 is 0.960 bits per heavy atom. The van der Waals surface area contributed by atoms with Gasteiger partial charge in [0.25, 0.3) is 0 Å². The first-order chi connectivity index (χ1) is 12.2. The highest BCUT2D eigenvalue weighted by Crippen LogP contribution is 2.16. The second kappa shape index (κ2) is 8.88. The van der Waals surface area contributed by atoms with Gasteiger partial charge in [0, 0.05) is 56.4 Å². The summed E-state index contributed by atoms with van der Waals surface area (Å²) >= 11 is 6.11. The Morgan fingerprint density at radius 3 is 2.36 bits per heavy atom. The average molecular weight is 358 g/mol. The van der Waals surface area contributed by atoms with Crippen molar-refractivity contribution in [1.82, 2.24) is 10.2 Å². The summed E-state index contributed by atoms with van der Waals surface area (Å²) in [7, 11) is 0. The minimum absolute atomic E-state index is 0.0745. The molecule has 0 unspecified atom stereocenters. The van der Waals surface area contributed by atoms with Crippen molar-refractivity contribution in [2.75, 3.05) is 37.6 Å². The summed E-state index contributed by atoms with van der Waals surface area (Å²) in [5.41, 5.74) is 2.23. The van der Waals surface area contributed by atoms with Gasteiger partial charge < -0.3 is 10.2 Å². The zero-order valence-corrected chi connectivity index (χ0v) is 15.1. The molecule has 1 amide bonds. The van der Waals surface area contributed by atoms with E-state index < -0.39 is 0 Å². The predicted octanol–water partition coefficient (Wildman–Crippen LogP) is 3.17. The van der Waals surface area contributed by atoms with Gasteiger partial charge in [-0.05, 0) is 23.8 Å². The fourth-order valence-electron chi connectivity index (χ4n) is 3.05. The molecule has 2 aromatic carbocycles. The number of hydrogen-bond donors (Lipinski definition) is 1. The van der Waals surface area contributed by atoms with Crippen LogP contribution in [0.4, 0.5) is 5.69 Å². The van der Waals surface area contributed by atoms with E-state index in [9.17, 15) is 4.79 Å². The minimum atomic E-state index is 0.0745. The number of rotatable bonds is 6. The van der Waals surface area contributed by atoms with E-state index >= 15 is 0 Å². The van der Waals surface area contributed by atoms with Crippen LogP contribution in [0, 0.1) is 0 Å². The molecule has 0 saturated carbocycles. The largest absolute Gasteiger partial charge is 0.369 e. The Bertz CT molecular complexity index is 684. The summed E-state index contributed by atoms with van der Waals surface area (Å²) < 4.78 is 0. The molecule has 1 heterocycles. The first-order valence-electron chi connectivity index (χ1n) is 8.75. The van der Waals surface area contributed by atoms with Gasteiger partial charge in [0.1, 0.15) is 0 Å². The molecule has 0 aliphatic carbocycles. The van der Waals surface area contributed by atoms with E-state index in [1.807, 2.05) is 30.3 Å². The molecule has 0 bridgehead atoms. The zero-order chi connectivity index (χ0) is 17.5. The van der Waals surface area contributed by atoms with Crippen LogP contribution in [0.3, 0.4) is 0 Å². The topological polar surface area (TPSA) is 35.6 Å². The Balaban J connectivity index is 1.37. The molecular weight excluding hydrogens is 334 g/mol. The number of amides is 1. The zero-order valence-electron chi connectivity index (χ0n) is 14.3. The molecular formula is C20H24ClN3O. The number of benzene rings is 2. The lowest BCUT2D eigenvalue weighted by Crippen LogP contribution is -2.47. The summed E-state index contributed by atoms with van der Waals surface area (Å²) in [6.07, 6.45) is 0.524. The summed E-state index contributed by atoms with van der Waals surface area (Å²) in [4.78, 5) is 16.8. The molecule has 1 fully saturated rings. The van der Waals surface area contributed by atoms with Gasteiger partial charge in [-0.2, -0.15) is 0 Å². The minimum Gasteiger partial charge on any atom is -0.369 e. The molecule has 1 N–H and O–H groups in total. The van der Waals surface area contributed by atoms with Gasteiger partial charge in [-0.3, -0.25) is 9.69 Å². The first kappa shape index (κ1) is 17.8. The van der Waals surface area contributed by atoms with Crippen LogP contribution in [0.2, 0.25) is 5.02 Å². The van der Waals surface area contributed by atoms with Crippen LogP contribution in [0.25, 0.3) is 0 Å². The number of hydrogen-bond acceptors (Lipinski definition) is 3. The van der Waals surface area contributed by atoms with Crippen molar-refractivity contribution in [3.8, 4) is 0 Å². The van der Waals surface area contributed by atoms with Crippen molar-refractivity contribution in [2.24, 2.45) is 0 Å². The Kier molecular flexibility index (Phi) is 6.31. The number of para-hydroxylation sites is 1. The van der Waals surface area contributed by atoms with E-state index in [1.54, 1.807) is 0 Å². The van der Waals surface area contributed by atoms with Gasteiger partial charge in [0.05, 0.1) is 0 Å². The van der Waals surface area contributed by atoms with Crippen LogP contribution in [0.5, 0.6) is 0 Å². The molecule has 0 spiro atoms. The van der Waals surface area contributed by atoms with E-state index in [0.29, 0.717) is 18.0 Å². The Hall–Kier alpha value is -2.04. The summed E-state index contributed by atoms with van der Waals surface area (Å²) in [6, 6.07) is 18.1. The average Bonchev–Trinajstić information content (AvgIpc) is 2.67. The molecule has 1 aliphatic rings. The molecule has 0 radical (unpaired) electrons. The third-order valence-electron chi connectivity index (χ3n) is 4.58. The van der Waals surface area contributed by atoms with E-state index in [0.717, 1.165) is 38.3 Å². The van der Waals surface area contributed by atoms with Crippen molar-refractivity contribution in [2.45, 2.75) is 13.0 Å². The number of anilines is 1. The molecule has 0 aromatic heterocycles. The van der Waals surface area contributed by atoms with Gasteiger partial charge in [-0.25, -0.2) is 0 Å². The van der Waals surface area contributed by atoms with Crippen LogP contribution >= 0.6 is 11.6 Å². The molecule has 132 valence electrons. The summed E-state index contributed by atoms with van der Waals surface area (Å²) in [5.74, 6) is 0.0745. The van der Waals surface area contributed by atoms with E-state index in [-0.39, 0.29) is 5.91 Å². The number of carbonyl (C=O) groups excluding carboxylic acids is 1. The second-order valence-electron chi connectivity index (χ2n) is 6.28. The molecule has 1 saturated heterocycles. The maximum atomic E-state index is 12.1. The van der Waals surface area contributed by atoms with Crippen LogP contribution in [0.15, 0.2) is 54.6 Å². The van der Waals surface area contributed by atoms with Crippen molar-refractivity contribution in [1.29, 1.82) is 0 Å². The summed E-state index contributed by atoms with van der Waals surface area (Å²) in [6.45, 7) is 5.28. The fourth-order valence-corrected chi connectivity index (χ4v) is 3.25. The number of nitrogens with one attached hydrogen (secondary N) is 1. The monoisotopic (exact) mass is 357 g/mol. The summed E-state index contributed by atoms with van der Waals surface area (Å²) in [5, 5.41) is 3.65. The Labute approximate surface area is 154 Å². The molecule has 4 nitrogen and oxygen atoms in total. The third-order valence-corrected chi connectivity index (χ3v) is 4.95. The standard InChI is InChI=1S/C20H24ClN3O/c21-19-9-5-4-6-17(19)16-22-20(25)10-11-23-12-14-24(15-13-23)18-7-2-1-3-8-18/h1-9H,10-16H2,(H,22,25). The van der Waals surface area contributed by atoms with Crippen LogP contribution in [-0.4, -0.2) is 43.5 Å². The maximum Gasteiger partial charge on any atom is 0.221 e. The molecule has 3 rings (SSSR count). The van der Waals surface area contributed by atoms with E-state index in [4.69, 9.17) is 11.6 Å². The molecule has 1 aliphatic heterocycles. The van der Waals surface area contributed by atoms with Crippen molar-refractivity contribution < 1.29 is 4.79 Å². The van der Waals surface area contributed by atoms with Crippen molar-refractivity contribution in [3.63, 3.8) is 0 Å². The second-order valence-corrected chi connectivity index (χ2v) is 6.69. The van der Waals surface area contributed by atoms with Gasteiger partial charge in [0.15, 0.2) is 0 Å². The van der Waals surface area contributed by atoms with Crippen LogP contribution in [-0.2, 0) is 11.3 Å². The lowest BCUT2D eigenvalue weighted by Gasteiger charge is -2.36. The molecule has 2 aromatic rings. The van der Waals surface area contributed by atoms with Crippen LogP contribution < -0.4 is 10.2 Å². The Morgan fingerprint density at radius 2 is 1.64 bits per heavy atom. The highest BCUT2D eigenvalue weighted by molar-refractivity contribution is 6.31. The molecule has 0 atom stereocenters. The van der Waals surface area contributed by atoms with Gasteiger partial charge >= 0.3 is 0 Å². The number of halogens is 1. The van der Waals surface area contributed by atoms with Crippen LogP contribution in [0.1, 0.15) is 12.0 Å². The number of nitrogens with zero attached hydrogens (tertiary/aromatic N) is 2. The fraction of sp³-hybridized carbons (Fsp3) is 0.350. The van der Waals surface area contributed by atoms with Gasteiger partial charge in [-0.1, -0.05) is 48.0 Å². The highest BCUT2D eigenvalue weighted by Gasteiger charge is 2.17.